The molecule has 2 aromatic rings. The second kappa shape index (κ2) is 4.06. The van der Waals surface area contributed by atoms with Crippen molar-refractivity contribution in [1.82, 2.24) is 9.55 Å². The third-order valence-electron chi connectivity index (χ3n) is 2.18. The van der Waals surface area contributed by atoms with Gasteiger partial charge in [-0.15, -0.1) is 0 Å². The Morgan fingerprint density at radius 1 is 1.24 bits per heavy atom. The largest absolute Gasteiger partial charge is 0.418 e. The van der Waals surface area contributed by atoms with Crippen LogP contribution in [0.15, 0.2) is 39.9 Å². The highest BCUT2D eigenvalue weighted by Crippen LogP contribution is 2.33. The van der Waals surface area contributed by atoms with Crippen LogP contribution >= 0.6 is 15.9 Å². The van der Waals surface area contributed by atoms with Gasteiger partial charge in [0.1, 0.15) is 4.60 Å². The summed E-state index contributed by atoms with van der Waals surface area (Å²) in [6.07, 6.45) is -3.22. The van der Waals surface area contributed by atoms with E-state index in [1.165, 1.54) is 24.4 Å². The lowest BCUT2D eigenvalue weighted by atomic mass is 10.1. The molecule has 0 atom stereocenters. The fraction of sp³-hybridized carbons (Fsp3) is 0.100. The number of rotatable bonds is 1. The second-order valence-electron chi connectivity index (χ2n) is 3.27. The number of hydrogen-bond acceptors (Lipinski definition) is 1. The predicted molar refractivity (Wildman–Crippen MR) is 59.1 cm³/mol. The molecule has 0 saturated heterocycles. The van der Waals surface area contributed by atoms with Gasteiger partial charge >= 0.3 is 11.9 Å². The molecule has 1 N–H and O–H groups in total. The number of alkyl halides is 3. The molecule has 1 aromatic heterocycles. The summed E-state index contributed by atoms with van der Waals surface area (Å²) >= 11 is 3.02. The van der Waals surface area contributed by atoms with Crippen molar-refractivity contribution in [2.45, 2.75) is 6.18 Å². The number of para-hydroxylation sites is 1. The van der Waals surface area contributed by atoms with E-state index in [0.717, 1.165) is 10.6 Å². The Bertz CT molecular complexity index is 600. The number of nitrogens with one attached hydrogen (secondary N) is 1. The third-order valence-corrected chi connectivity index (χ3v) is 2.77. The smallest absolute Gasteiger partial charge is 0.311 e. The van der Waals surface area contributed by atoms with Crippen molar-refractivity contribution in [3.05, 3.63) is 51.1 Å². The van der Waals surface area contributed by atoms with Gasteiger partial charge in [-0.3, -0.25) is 4.57 Å². The maximum absolute atomic E-state index is 12.8. The van der Waals surface area contributed by atoms with Gasteiger partial charge in [0.15, 0.2) is 0 Å². The fourth-order valence-corrected chi connectivity index (χ4v) is 1.95. The van der Waals surface area contributed by atoms with Crippen LogP contribution < -0.4 is 5.69 Å². The minimum absolute atomic E-state index is 0.210. The molecule has 3 nitrogen and oxygen atoms in total. The van der Waals surface area contributed by atoms with Crippen molar-refractivity contribution in [3.63, 3.8) is 0 Å². The van der Waals surface area contributed by atoms with Crippen molar-refractivity contribution >= 4 is 15.9 Å². The van der Waals surface area contributed by atoms with Crippen LogP contribution in [0.5, 0.6) is 0 Å². The van der Waals surface area contributed by atoms with Crippen molar-refractivity contribution in [1.29, 1.82) is 0 Å². The Hall–Kier alpha value is -1.50. The molecule has 0 bridgehead atoms. The van der Waals surface area contributed by atoms with E-state index >= 15 is 0 Å². The molecular formula is C10H6BrF3N2O. The number of imidazole rings is 1. The molecule has 0 aliphatic heterocycles. The Balaban J connectivity index is 2.73. The van der Waals surface area contributed by atoms with Crippen LogP contribution in [0.1, 0.15) is 5.56 Å². The number of H-pyrrole nitrogens is 1. The van der Waals surface area contributed by atoms with Gasteiger partial charge in [0, 0.05) is 6.20 Å². The van der Waals surface area contributed by atoms with E-state index in [2.05, 4.69) is 20.9 Å². The summed E-state index contributed by atoms with van der Waals surface area (Å²) in [6, 6.07) is 4.89. The van der Waals surface area contributed by atoms with E-state index in [1.54, 1.807) is 0 Å². The molecule has 7 heteroatoms. The van der Waals surface area contributed by atoms with Crippen LogP contribution in [0, 0.1) is 0 Å². The van der Waals surface area contributed by atoms with Crippen molar-refractivity contribution in [2.75, 3.05) is 0 Å². The first-order chi connectivity index (χ1) is 7.91. The SMILES string of the molecule is O=c1[nH]cc(Br)n1-c1ccccc1C(F)(F)F. The summed E-state index contributed by atoms with van der Waals surface area (Å²) in [6.45, 7) is 0. The highest BCUT2D eigenvalue weighted by molar-refractivity contribution is 9.10. The first-order valence-corrected chi connectivity index (χ1v) is 5.33. The van der Waals surface area contributed by atoms with Crippen molar-refractivity contribution in [3.8, 4) is 5.69 Å². The third kappa shape index (κ3) is 2.14. The van der Waals surface area contributed by atoms with E-state index in [9.17, 15) is 18.0 Å². The van der Waals surface area contributed by atoms with E-state index in [4.69, 9.17) is 0 Å². The van der Waals surface area contributed by atoms with E-state index in [0.29, 0.717) is 0 Å². The van der Waals surface area contributed by atoms with E-state index in [-0.39, 0.29) is 10.3 Å². The monoisotopic (exact) mass is 306 g/mol. The molecule has 90 valence electrons. The average molecular weight is 307 g/mol. The first-order valence-electron chi connectivity index (χ1n) is 4.54. The van der Waals surface area contributed by atoms with E-state index < -0.39 is 17.4 Å². The van der Waals surface area contributed by atoms with Gasteiger partial charge in [0.25, 0.3) is 0 Å². The molecule has 0 fully saturated rings. The number of aromatic nitrogens is 2. The standard InChI is InChI=1S/C10H6BrF3N2O/c11-8-5-15-9(17)16(8)7-4-2-1-3-6(7)10(12,13)14/h1-5H,(H,15,17). The normalized spacial score (nSPS) is 11.8. The highest BCUT2D eigenvalue weighted by atomic mass is 79.9. The quantitative estimate of drug-likeness (QED) is 0.864. The van der Waals surface area contributed by atoms with Crippen LogP contribution in [0.2, 0.25) is 0 Å². The number of hydrogen-bond donors (Lipinski definition) is 1. The molecular weight excluding hydrogens is 301 g/mol. The summed E-state index contributed by atoms with van der Waals surface area (Å²) in [4.78, 5) is 13.7. The molecule has 2 rings (SSSR count). The summed E-state index contributed by atoms with van der Waals surface area (Å²) in [5.41, 5.74) is -1.70. The van der Waals surface area contributed by atoms with Crippen molar-refractivity contribution < 1.29 is 13.2 Å². The molecule has 0 aliphatic rings. The zero-order valence-electron chi connectivity index (χ0n) is 8.25. The molecule has 1 aromatic carbocycles. The zero-order valence-corrected chi connectivity index (χ0v) is 9.84. The van der Waals surface area contributed by atoms with Crippen LogP contribution in [0.4, 0.5) is 13.2 Å². The fourth-order valence-electron chi connectivity index (χ4n) is 1.48. The lowest BCUT2D eigenvalue weighted by molar-refractivity contribution is -0.137. The topological polar surface area (TPSA) is 37.8 Å². The van der Waals surface area contributed by atoms with E-state index in [1.807, 2.05) is 0 Å². The van der Waals surface area contributed by atoms with Gasteiger partial charge in [0.2, 0.25) is 0 Å². The highest BCUT2D eigenvalue weighted by Gasteiger charge is 2.34. The molecule has 0 saturated carbocycles. The maximum Gasteiger partial charge on any atom is 0.418 e. The summed E-state index contributed by atoms with van der Waals surface area (Å²) in [7, 11) is 0. The lowest BCUT2D eigenvalue weighted by Gasteiger charge is -2.12. The predicted octanol–water partition coefficient (Wildman–Crippen LogP) is 2.95. The lowest BCUT2D eigenvalue weighted by Crippen LogP contribution is -2.19. The van der Waals surface area contributed by atoms with Crippen LogP contribution in [0.3, 0.4) is 0 Å². The number of benzene rings is 1. The van der Waals surface area contributed by atoms with Gasteiger partial charge in [-0.25, -0.2) is 4.79 Å². The molecule has 0 spiro atoms. The number of aromatic amines is 1. The first kappa shape index (κ1) is 12.0. The zero-order chi connectivity index (χ0) is 12.6. The summed E-state index contributed by atoms with van der Waals surface area (Å²) in [5.74, 6) is 0. The Morgan fingerprint density at radius 2 is 1.88 bits per heavy atom. The molecule has 0 unspecified atom stereocenters. The van der Waals surface area contributed by atoms with Crippen molar-refractivity contribution in [2.24, 2.45) is 0 Å². The van der Waals surface area contributed by atoms with Gasteiger partial charge in [-0.05, 0) is 28.1 Å². The minimum atomic E-state index is -4.51. The average Bonchev–Trinajstić information content (AvgIpc) is 2.57. The van der Waals surface area contributed by atoms with Crippen LogP contribution in [-0.2, 0) is 6.18 Å². The molecule has 1 heterocycles. The number of halogens is 4. The Labute approximate surface area is 102 Å². The molecule has 0 aliphatic carbocycles. The Kier molecular flexibility index (Phi) is 2.86. The summed E-state index contributed by atoms with van der Waals surface area (Å²) in [5, 5.41) is 0. The van der Waals surface area contributed by atoms with Gasteiger partial charge in [-0.1, -0.05) is 12.1 Å². The molecule has 0 radical (unpaired) electrons. The maximum atomic E-state index is 12.8. The summed E-state index contributed by atoms with van der Waals surface area (Å²) < 4.78 is 39.4. The van der Waals surface area contributed by atoms with Crippen LogP contribution in [0.25, 0.3) is 5.69 Å². The number of nitrogens with zero attached hydrogens (tertiary/aromatic N) is 1. The minimum Gasteiger partial charge on any atom is -0.311 e. The Morgan fingerprint density at radius 3 is 2.41 bits per heavy atom. The van der Waals surface area contributed by atoms with Gasteiger partial charge < -0.3 is 4.98 Å². The second-order valence-corrected chi connectivity index (χ2v) is 4.08. The molecule has 17 heavy (non-hydrogen) atoms. The van der Waals surface area contributed by atoms with Gasteiger partial charge in [0.05, 0.1) is 11.3 Å². The van der Waals surface area contributed by atoms with Gasteiger partial charge in [-0.2, -0.15) is 13.2 Å². The molecule has 0 amide bonds. The van der Waals surface area contributed by atoms with Crippen LogP contribution in [-0.4, -0.2) is 9.55 Å².